The number of hydrogen-bond donors (Lipinski definition) is 2. The van der Waals surface area contributed by atoms with Gasteiger partial charge in [0.25, 0.3) is 5.91 Å². The van der Waals surface area contributed by atoms with Gasteiger partial charge in [-0.3, -0.25) is 4.79 Å². The molecule has 6 heteroatoms. The third-order valence-electron chi connectivity index (χ3n) is 3.54. The van der Waals surface area contributed by atoms with Crippen molar-refractivity contribution >= 4 is 39.0 Å². The van der Waals surface area contributed by atoms with Crippen LogP contribution in [0.1, 0.15) is 29.8 Å². The predicted molar refractivity (Wildman–Crippen MR) is 103 cm³/mol. The second-order valence-electron chi connectivity index (χ2n) is 5.80. The molecule has 0 radical (unpaired) electrons. The third kappa shape index (κ3) is 4.09. The van der Waals surface area contributed by atoms with Crippen LogP contribution in [0.5, 0.6) is 5.75 Å². The number of para-hydroxylation sites is 1. The lowest BCUT2D eigenvalue weighted by Gasteiger charge is -2.13. The summed E-state index contributed by atoms with van der Waals surface area (Å²) in [5.74, 6) is 0.200. The molecule has 2 N–H and O–H groups in total. The number of carbonyl (C=O) groups excluding carboxylic acids is 1. The molecule has 3 rings (SSSR count). The van der Waals surface area contributed by atoms with Crippen LogP contribution >= 0.6 is 15.9 Å². The molecule has 3 aromatic rings. The number of hydrazone groups is 1. The van der Waals surface area contributed by atoms with Crippen LogP contribution in [0.4, 0.5) is 0 Å². The Hall–Kier alpha value is -2.60. The molecular formula is C19H18BrN3O2. The Labute approximate surface area is 154 Å². The van der Waals surface area contributed by atoms with Crippen molar-refractivity contribution in [2.75, 3.05) is 0 Å². The van der Waals surface area contributed by atoms with Crippen molar-refractivity contribution in [1.82, 2.24) is 10.4 Å². The lowest BCUT2D eigenvalue weighted by atomic mass is 10.2. The molecule has 2 aromatic carbocycles. The van der Waals surface area contributed by atoms with Crippen LogP contribution in [0.2, 0.25) is 0 Å². The highest BCUT2D eigenvalue weighted by atomic mass is 79.9. The zero-order valence-electron chi connectivity index (χ0n) is 13.9. The van der Waals surface area contributed by atoms with Crippen molar-refractivity contribution in [3.05, 3.63) is 64.3 Å². The molecule has 0 unspecified atom stereocenters. The minimum atomic E-state index is -0.326. The van der Waals surface area contributed by atoms with E-state index in [2.05, 4.69) is 31.4 Å². The highest BCUT2D eigenvalue weighted by Gasteiger charge is 2.14. The van der Waals surface area contributed by atoms with Gasteiger partial charge in [-0.1, -0.05) is 34.1 Å². The van der Waals surface area contributed by atoms with Crippen molar-refractivity contribution in [1.29, 1.82) is 0 Å². The van der Waals surface area contributed by atoms with Gasteiger partial charge in [0.1, 0.15) is 5.75 Å². The van der Waals surface area contributed by atoms with Crippen LogP contribution in [0, 0.1) is 0 Å². The molecule has 25 heavy (non-hydrogen) atoms. The van der Waals surface area contributed by atoms with Crippen LogP contribution < -0.4 is 10.2 Å². The molecule has 1 amide bonds. The monoisotopic (exact) mass is 399 g/mol. The number of aromatic amines is 1. The van der Waals surface area contributed by atoms with E-state index in [4.69, 9.17) is 4.74 Å². The van der Waals surface area contributed by atoms with E-state index in [0.29, 0.717) is 11.3 Å². The molecule has 0 fully saturated rings. The Balaban J connectivity index is 1.77. The van der Waals surface area contributed by atoms with Gasteiger partial charge in [-0.05, 0) is 38.1 Å². The number of nitrogens with zero attached hydrogens (tertiary/aromatic N) is 1. The first-order chi connectivity index (χ1) is 12.0. The summed E-state index contributed by atoms with van der Waals surface area (Å²) in [6, 6.07) is 13.2. The number of halogens is 1. The van der Waals surface area contributed by atoms with Gasteiger partial charge in [0, 0.05) is 27.1 Å². The molecule has 0 aliphatic heterocycles. The van der Waals surface area contributed by atoms with Gasteiger partial charge in [-0.15, -0.1) is 0 Å². The molecule has 0 aliphatic rings. The number of rotatable bonds is 5. The number of H-pyrrole nitrogens is 1. The van der Waals surface area contributed by atoms with Gasteiger partial charge in [0.05, 0.1) is 17.9 Å². The molecule has 0 saturated carbocycles. The largest absolute Gasteiger partial charge is 0.490 e. The molecular weight excluding hydrogens is 382 g/mol. The molecule has 0 aliphatic carbocycles. The smallest absolute Gasteiger partial charge is 0.275 e. The van der Waals surface area contributed by atoms with Gasteiger partial charge in [0.15, 0.2) is 0 Å². The normalized spacial score (nSPS) is 11.4. The molecule has 0 bridgehead atoms. The first-order valence-corrected chi connectivity index (χ1v) is 8.69. The Kier molecular flexibility index (Phi) is 5.19. The minimum Gasteiger partial charge on any atom is -0.490 e. The maximum absolute atomic E-state index is 12.5. The van der Waals surface area contributed by atoms with E-state index in [9.17, 15) is 4.79 Å². The number of aromatic nitrogens is 1. The summed E-state index contributed by atoms with van der Waals surface area (Å²) < 4.78 is 6.49. The topological polar surface area (TPSA) is 66.5 Å². The maximum atomic E-state index is 12.5. The van der Waals surface area contributed by atoms with Crippen LogP contribution in [-0.4, -0.2) is 23.2 Å². The zero-order chi connectivity index (χ0) is 17.8. The van der Waals surface area contributed by atoms with Crippen LogP contribution in [0.25, 0.3) is 10.9 Å². The molecule has 1 heterocycles. The number of hydrogen-bond acceptors (Lipinski definition) is 3. The number of benzene rings is 2. The average molecular weight is 400 g/mol. The second-order valence-corrected chi connectivity index (χ2v) is 6.71. The summed E-state index contributed by atoms with van der Waals surface area (Å²) in [5.41, 5.74) is 4.92. The van der Waals surface area contributed by atoms with Gasteiger partial charge in [-0.25, -0.2) is 5.43 Å². The summed E-state index contributed by atoms with van der Waals surface area (Å²) in [6.07, 6.45) is 3.45. The highest BCUT2D eigenvalue weighted by Crippen LogP contribution is 2.24. The fourth-order valence-corrected chi connectivity index (χ4v) is 2.82. The molecule has 0 atom stereocenters. The lowest BCUT2D eigenvalue weighted by molar-refractivity contribution is 0.0949. The first kappa shape index (κ1) is 17.2. The van der Waals surface area contributed by atoms with Crippen molar-refractivity contribution in [2.45, 2.75) is 20.0 Å². The minimum absolute atomic E-state index is 0.0255. The summed E-state index contributed by atoms with van der Waals surface area (Å²) in [4.78, 5) is 15.6. The summed E-state index contributed by atoms with van der Waals surface area (Å²) in [5, 5.41) is 5.12. The van der Waals surface area contributed by atoms with E-state index in [1.165, 1.54) is 0 Å². The lowest BCUT2D eigenvalue weighted by Crippen LogP contribution is -2.20. The van der Waals surface area contributed by atoms with Crippen LogP contribution in [0.15, 0.2) is 58.2 Å². The third-order valence-corrected chi connectivity index (χ3v) is 4.03. The van der Waals surface area contributed by atoms with Gasteiger partial charge >= 0.3 is 0 Å². The van der Waals surface area contributed by atoms with Crippen LogP contribution in [-0.2, 0) is 0 Å². The summed E-state index contributed by atoms with van der Waals surface area (Å²) >= 11 is 3.38. The van der Waals surface area contributed by atoms with E-state index < -0.39 is 0 Å². The Morgan fingerprint density at radius 2 is 2.08 bits per heavy atom. The SMILES string of the molecule is CC(C)Oc1ccc(Br)cc1C(=O)NN=Cc1c[nH]c2ccccc12. The van der Waals surface area contributed by atoms with Crippen LogP contribution in [0.3, 0.4) is 0 Å². The number of fused-ring (bicyclic) bond motifs is 1. The fraction of sp³-hybridized carbons (Fsp3) is 0.158. The standard InChI is InChI=1S/C19H18BrN3O2/c1-12(2)25-18-8-7-14(20)9-16(18)19(24)23-22-11-13-10-21-17-6-4-3-5-15(13)17/h3-12,21H,1-2H3,(H,23,24). The number of carbonyl (C=O) groups is 1. The Morgan fingerprint density at radius 1 is 1.28 bits per heavy atom. The van der Waals surface area contributed by atoms with E-state index in [0.717, 1.165) is 20.9 Å². The van der Waals surface area contributed by atoms with Crippen molar-refractivity contribution < 1.29 is 9.53 Å². The van der Waals surface area contributed by atoms with E-state index in [-0.39, 0.29) is 12.0 Å². The molecule has 0 spiro atoms. The maximum Gasteiger partial charge on any atom is 0.275 e. The average Bonchev–Trinajstić information content (AvgIpc) is 2.99. The van der Waals surface area contributed by atoms with E-state index >= 15 is 0 Å². The van der Waals surface area contributed by atoms with E-state index in [1.54, 1.807) is 18.3 Å². The molecule has 5 nitrogen and oxygen atoms in total. The van der Waals surface area contributed by atoms with Gasteiger partial charge < -0.3 is 9.72 Å². The first-order valence-electron chi connectivity index (χ1n) is 7.90. The second kappa shape index (κ2) is 7.53. The highest BCUT2D eigenvalue weighted by molar-refractivity contribution is 9.10. The summed E-state index contributed by atoms with van der Waals surface area (Å²) in [6.45, 7) is 3.83. The molecule has 0 saturated heterocycles. The molecule has 1 aromatic heterocycles. The Bertz CT molecular complexity index is 931. The number of nitrogens with one attached hydrogen (secondary N) is 2. The number of amides is 1. The van der Waals surface area contributed by atoms with E-state index in [1.807, 2.05) is 50.4 Å². The van der Waals surface area contributed by atoms with Gasteiger partial charge in [-0.2, -0.15) is 5.10 Å². The fourth-order valence-electron chi connectivity index (χ4n) is 2.46. The number of ether oxygens (including phenoxy) is 1. The Morgan fingerprint density at radius 3 is 2.88 bits per heavy atom. The van der Waals surface area contributed by atoms with Crippen molar-refractivity contribution in [3.63, 3.8) is 0 Å². The summed E-state index contributed by atoms with van der Waals surface area (Å²) in [7, 11) is 0. The predicted octanol–water partition coefficient (Wildman–Crippen LogP) is 4.48. The van der Waals surface area contributed by atoms with Gasteiger partial charge in [0.2, 0.25) is 0 Å². The zero-order valence-corrected chi connectivity index (χ0v) is 15.5. The van der Waals surface area contributed by atoms with Crippen molar-refractivity contribution in [3.8, 4) is 5.75 Å². The molecule has 128 valence electrons. The van der Waals surface area contributed by atoms with Crippen molar-refractivity contribution in [2.24, 2.45) is 5.10 Å². The quantitative estimate of drug-likeness (QED) is 0.490.